The van der Waals surface area contributed by atoms with Gasteiger partial charge in [-0.15, -0.1) is 0 Å². The lowest BCUT2D eigenvalue weighted by atomic mass is 10.1. The zero-order valence-electron chi connectivity index (χ0n) is 9.19. The van der Waals surface area contributed by atoms with Gasteiger partial charge in [0.05, 0.1) is 5.69 Å². The Bertz CT molecular complexity index is 438. The molecule has 1 aliphatic heterocycles. The lowest BCUT2D eigenvalue weighted by Crippen LogP contribution is -2.40. The van der Waals surface area contributed by atoms with Crippen LogP contribution in [0.4, 0.5) is 11.4 Å². The second-order valence-corrected chi connectivity index (χ2v) is 4.02. The standard InChI is InChI=1S/C12H14N2O2/c1-8-5-6-9(7-10(8)13)14-11(15)3-2-4-12(14)16/h5-7H,2-4,13H2,1H3. The second kappa shape index (κ2) is 3.96. The average Bonchev–Trinajstić information content (AvgIpc) is 2.23. The maximum atomic E-state index is 11.7. The molecule has 1 saturated heterocycles. The average molecular weight is 218 g/mol. The molecule has 0 radical (unpaired) electrons. The van der Waals surface area contributed by atoms with Crippen LogP contribution in [-0.4, -0.2) is 11.8 Å². The van der Waals surface area contributed by atoms with Crippen LogP contribution in [0.5, 0.6) is 0 Å². The molecular formula is C12H14N2O2. The molecule has 16 heavy (non-hydrogen) atoms. The first kappa shape index (κ1) is 10.7. The smallest absolute Gasteiger partial charge is 0.233 e. The predicted octanol–water partition coefficient (Wildman–Crippen LogP) is 1.62. The Kier molecular flexibility index (Phi) is 2.64. The number of nitrogen functional groups attached to an aromatic ring is 1. The van der Waals surface area contributed by atoms with Crippen molar-refractivity contribution in [2.45, 2.75) is 26.2 Å². The summed E-state index contributed by atoms with van der Waals surface area (Å²) in [6.07, 6.45) is 1.51. The third kappa shape index (κ3) is 1.78. The molecule has 0 aromatic heterocycles. The number of nitrogens with two attached hydrogens (primary N) is 1. The molecule has 0 aliphatic carbocycles. The minimum absolute atomic E-state index is 0.139. The van der Waals surface area contributed by atoms with E-state index in [4.69, 9.17) is 5.73 Å². The summed E-state index contributed by atoms with van der Waals surface area (Å²) in [6.45, 7) is 1.89. The Morgan fingerprint density at radius 2 is 1.81 bits per heavy atom. The van der Waals surface area contributed by atoms with Crippen LogP contribution < -0.4 is 10.6 Å². The van der Waals surface area contributed by atoms with Gasteiger partial charge < -0.3 is 5.73 Å². The van der Waals surface area contributed by atoms with Gasteiger partial charge in [-0.2, -0.15) is 0 Å². The summed E-state index contributed by atoms with van der Waals surface area (Å²) < 4.78 is 0. The van der Waals surface area contributed by atoms with Crippen molar-refractivity contribution < 1.29 is 9.59 Å². The largest absolute Gasteiger partial charge is 0.398 e. The van der Waals surface area contributed by atoms with Gasteiger partial charge in [-0.25, -0.2) is 0 Å². The summed E-state index contributed by atoms with van der Waals surface area (Å²) in [4.78, 5) is 24.6. The maximum absolute atomic E-state index is 11.7. The van der Waals surface area contributed by atoms with E-state index in [9.17, 15) is 9.59 Å². The number of piperidine rings is 1. The molecule has 0 spiro atoms. The monoisotopic (exact) mass is 218 g/mol. The Labute approximate surface area is 94.0 Å². The topological polar surface area (TPSA) is 63.4 Å². The highest BCUT2D eigenvalue weighted by Gasteiger charge is 2.27. The fourth-order valence-corrected chi connectivity index (χ4v) is 1.81. The highest BCUT2D eigenvalue weighted by molar-refractivity contribution is 6.16. The van der Waals surface area contributed by atoms with Gasteiger partial charge in [-0.05, 0) is 31.0 Å². The lowest BCUT2D eigenvalue weighted by molar-refractivity contribution is -0.129. The number of hydrogen-bond acceptors (Lipinski definition) is 3. The number of benzene rings is 1. The van der Waals surface area contributed by atoms with Crippen LogP contribution in [-0.2, 0) is 9.59 Å². The highest BCUT2D eigenvalue weighted by Crippen LogP contribution is 2.25. The minimum Gasteiger partial charge on any atom is -0.398 e. The highest BCUT2D eigenvalue weighted by atomic mass is 16.2. The molecule has 4 nitrogen and oxygen atoms in total. The van der Waals surface area contributed by atoms with Crippen LogP contribution in [0, 0.1) is 6.92 Å². The fourth-order valence-electron chi connectivity index (χ4n) is 1.81. The normalized spacial score (nSPS) is 16.7. The summed E-state index contributed by atoms with van der Waals surface area (Å²) in [7, 11) is 0. The number of carbonyl (C=O) groups excluding carboxylic acids is 2. The van der Waals surface area contributed by atoms with Crippen molar-refractivity contribution in [3.8, 4) is 0 Å². The van der Waals surface area contributed by atoms with Crippen LogP contribution in [0.2, 0.25) is 0 Å². The molecule has 1 heterocycles. The molecule has 4 heteroatoms. The van der Waals surface area contributed by atoms with Gasteiger partial charge in [-0.3, -0.25) is 14.5 Å². The first-order chi connectivity index (χ1) is 7.59. The molecule has 84 valence electrons. The Balaban J connectivity index is 2.38. The van der Waals surface area contributed by atoms with Gasteiger partial charge >= 0.3 is 0 Å². The number of anilines is 2. The van der Waals surface area contributed by atoms with Gasteiger partial charge in [0, 0.05) is 18.5 Å². The molecule has 2 N–H and O–H groups in total. The maximum Gasteiger partial charge on any atom is 0.233 e. The molecule has 0 saturated carbocycles. The zero-order valence-corrected chi connectivity index (χ0v) is 9.19. The summed E-state index contributed by atoms with van der Waals surface area (Å²) in [5.74, 6) is -0.279. The van der Waals surface area contributed by atoms with Crippen molar-refractivity contribution in [1.29, 1.82) is 0 Å². The number of carbonyl (C=O) groups is 2. The van der Waals surface area contributed by atoms with Crippen LogP contribution in [0.1, 0.15) is 24.8 Å². The molecule has 1 aromatic rings. The van der Waals surface area contributed by atoms with Gasteiger partial charge in [0.1, 0.15) is 0 Å². The number of aryl methyl sites for hydroxylation is 1. The molecule has 1 fully saturated rings. The van der Waals surface area contributed by atoms with E-state index in [1.165, 1.54) is 4.90 Å². The van der Waals surface area contributed by atoms with Crippen molar-refractivity contribution in [2.24, 2.45) is 0 Å². The van der Waals surface area contributed by atoms with E-state index in [1.54, 1.807) is 12.1 Å². The zero-order chi connectivity index (χ0) is 11.7. The molecule has 1 aromatic carbocycles. The van der Waals surface area contributed by atoms with Crippen molar-refractivity contribution in [3.63, 3.8) is 0 Å². The van der Waals surface area contributed by atoms with E-state index in [0.29, 0.717) is 30.6 Å². The Hall–Kier alpha value is -1.84. The molecular weight excluding hydrogens is 204 g/mol. The summed E-state index contributed by atoms with van der Waals surface area (Å²) in [6, 6.07) is 5.25. The summed E-state index contributed by atoms with van der Waals surface area (Å²) in [5, 5.41) is 0. The molecule has 0 atom stereocenters. The number of amides is 2. The molecule has 2 rings (SSSR count). The van der Waals surface area contributed by atoms with E-state index in [2.05, 4.69) is 0 Å². The van der Waals surface area contributed by atoms with E-state index in [-0.39, 0.29) is 11.8 Å². The molecule has 0 unspecified atom stereocenters. The summed E-state index contributed by atoms with van der Waals surface area (Å²) in [5.41, 5.74) is 7.90. The van der Waals surface area contributed by atoms with Crippen molar-refractivity contribution >= 4 is 23.2 Å². The van der Waals surface area contributed by atoms with Gasteiger partial charge in [0.15, 0.2) is 0 Å². The Morgan fingerprint density at radius 1 is 1.19 bits per heavy atom. The molecule has 2 amide bonds. The first-order valence-electron chi connectivity index (χ1n) is 5.31. The first-order valence-corrected chi connectivity index (χ1v) is 5.31. The van der Waals surface area contributed by atoms with Crippen LogP contribution >= 0.6 is 0 Å². The van der Waals surface area contributed by atoms with Gasteiger partial charge in [-0.1, -0.05) is 6.07 Å². The van der Waals surface area contributed by atoms with Crippen LogP contribution in [0.15, 0.2) is 18.2 Å². The van der Waals surface area contributed by atoms with Gasteiger partial charge in [0.2, 0.25) is 11.8 Å². The quantitative estimate of drug-likeness (QED) is 0.575. The second-order valence-electron chi connectivity index (χ2n) is 4.02. The van der Waals surface area contributed by atoms with Crippen LogP contribution in [0.25, 0.3) is 0 Å². The summed E-state index contributed by atoms with van der Waals surface area (Å²) >= 11 is 0. The Morgan fingerprint density at radius 3 is 2.38 bits per heavy atom. The van der Waals surface area contributed by atoms with E-state index < -0.39 is 0 Å². The van der Waals surface area contributed by atoms with Gasteiger partial charge in [0.25, 0.3) is 0 Å². The number of hydrogen-bond donors (Lipinski definition) is 1. The number of rotatable bonds is 1. The van der Waals surface area contributed by atoms with Crippen molar-refractivity contribution in [1.82, 2.24) is 0 Å². The van der Waals surface area contributed by atoms with Crippen molar-refractivity contribution in [2.75, 3.05) is 10.6 Å². The molecule has 1 aliphatic rings. The SMILES string of the molecule is Cc1ccc(N2C(=O)CCCC2=O)cc1N. The molecule has 0 bridgehead atoms. The lowest BCUT2D eigenvalue weighted by Gasteiger charge is -2.25. The van der Waals surface area contributed by atoms with E-state index in [0.717, 1.165) is 5.56 Å². The number of nitrogens with zero attached hydrogens (tertiary/aromatic N) is 1. The van der Waals surface area contributed by atoms with E-state index >= 15 is 0 Å². The predicted molar refractivity (Wildman–Crippen MR) is 61.9 cm³/mol. The van der Waals surface area contributed by atoms with Crippen molar-refractivity contribution in [3.05, 3.63) is 23.8 Å². The third-order valence-corrected chi connectivity index (χ3v) is 2.80. The fraction of sp³-hybridized carbons (Fsp3) is 0.333. The third-order valence-electron chi connectivity index (χ3n) is 2.80. The minimum atomic E-state index is -0.139. The van der Waals surface area contributed by atoms with E-state index in [1.807, 2.05) is 13.0 Å². The number of imide groups is 1. The van der Waals surface area contributed by atoms with Crippen LogP contribution in [0.3, 0.4) is 0 Å².